The number of hydrogen-bond donors (Lipinski definition) is 1. The van der Waals surface area contributed by atoms with Gasteiger partial charge in [-0.2, -0.15) is 0 Å². The molecule has 8 heteroatoms. The van der Waals surface area contributed by atoms with Crippen LogP contribution in [0.4, 0.5) is 4.79 Å². The average molecular weight is 308 g/mol. The van der Waals surface area contributed by atoms with E-state index in [-0.39, 0.29) is 24.5 Å². The zero-order valence-corrected chi connectivity index (χ0v) is 12.7. The van der Waals surface area contributed by atoms with Crippen LogP contribution in [0, 0.1) is 0 Å². The van der Waals surface area contributed by atoms with Crippen molar-refractivity contribution in [2.45, 2.75) is 25.9 Å². The summed E-state index contributed by atoms with van der Waals surface area (Å²) in [5.41, 5.74) is 0. The van der Waals surface area contributed by atoms with E-state index < -0.39 is 24.4 Å². The summed E-state index contributed by atoms with van der Waals surface area (Å²) in [5, 5.41) is 3.24. The van der Waals surface area contributed by atoms with Crippen LogP contribution in [-0.2, 0) is 14.4 Å². The van der Waals surface area contributed by atoms with Gasteiger partial charge in [0.1, 0.15) is 6.54 Å². The molecule has 2 rings (SSSR count). The summed E-state index contributed by atoms with van der Waals surface area (Å²) in [5.74, 6) is -2.22. The molecule has 0 aromatic heterocycles. The topological polar surface area (TPSA) is 90.0 Å². The maximum Gasteiger partial charge on any atom is 0.335 e. The zero-order valence-electron chi connectivity index (χ0n) is 12.7. The molecule has 0 saturated carbocycles. The molecule has 2 saturated heterocycles. The van der Waals surface area contributed by atoms with Gasteiger partial charge in [-0.15, -0.1) is 6.58 Å². The van der Waals surface area contributed by atoms with E-state index in [9.17, 15) is 19.2 Å². The summed E-state index contributed by atoms with van der Waals surface area (Å²) in [6, 6.07) is -0.685. The molecule has 0 radical (unpaired) electrons. The van der Waals surface area contributed by atoms with Gasteiger partial charge in [0.2, 0.25) is 5.91 Å². The standard InChI is InChI=1S/C14H20N4O4/c1-4-6-17-12(20)13(21)18(14(17)22)8-11(19)16-7-5-15-9(2)10(16)3/h4,9-10,15H,1,5-8H2,2-3H3. The Morgan fingerprint density at radius 2 is 1.91 bits per heavy atom. The average Bonchev–Trinajstić information content (AvgIpc) is 2.68. The van der Waals surface area contributed by atoms with Gasteiger partial charge >= 0.3 is 17.8 Å². The second-order valence-corrected chi connectivity index (χ2v) is 5.45. The Labute approximate surface area is 128 Å². The van der Waals surface area contributed by atoms with Crippen molar-refractivity contribution in [2.75, 3.05) is 26.2 Å². The van der Waals surface area contributed by atoms with Gasteiger partial charge in [0, 0.05) is 31.7 Å². The first-order valence-electron chi connectivity index (χ1n) is 7.19. The minimum absolute atomic E-state index is 0.0465. The van der Waals surface area contributed by atoms with Gasteiger partial charge in [0.25, 0.3) is 0 Å². The molecule has 2 aliphatic heterocycles. The number of carbonyl (C=O) groups is 4. The van der Waals surface area contributed by atoms with Gasteiger partial charge in [-0.25, -0.2) is 9.69 Å². The lowest BCUT2D eigenvalue weighted by atomic mass is 10.1. The Hall–Kier alpha value is -2.22. The van der Waals surface area contributed by atoms with Gasteiger partial charge in [-0.05, 0) is 13.8 Å². The first-order chi connectivity index (χ1) is 10.4. The van der Waals surface area contributed by atoms with Crippen molar-refractivity contribution < 1.29 is 19.2 Å². The van der Waals surface area contributed by atoms with Crippen molar-refractivity contribution in [3.05, 3.63) is 12.7 Å². The Balaban J connectivity index is 2.08. The van der Waals surface area contributed by atoms with Crippen LogP contribution in [0.15, 0.2) is 12.7 Å². The second kappa shape index (κ2) is 6.27. The number of urea groups is 1. The fraction of sp³-hybridized carbons (Fsp3) is 0.571. The van der Waals surface area contributed by atoms with E-state index in [4.69, 9.17) is 0 Å². The fourth-order valence-corrected chi connectivity index (χ4v) is 2.61. The smallest absolute Gasteiger partial charge is 0.335 e. The van der Waals surface area contributed by atoms with Gasteiger partial charge in [0.15, 0.2) is 0 Å². The molecule has 120 valence electrons. The molecule has 2 fully saturated rings. The van der Waals surface area contributed by atoms with Crippen molar-refractivity contribution >= 4 is 23.8 Å². The molecule has 5 amide bonds. The quantitative estimate of drug-likeness (QED) is 0.416. The predicted octanol–water partition coefficient (Wildman–Crippen LogP) is -0.828. The van der Waals surface area contributed by atoms with E-state index in [0.29, 0.717) is 18.0 Å². The zero-order chi connectivity index (χ0) is 16.4. The fourth-order valence-electron chi connectivity index (χ4n) is 2.61. The Morgan fingerprint density at radius 1 is 1.27 bits per heavy atom. The summed E-state index contributed by atoms with van der Waals surface area (Å²) >= 11 is 0. The molecular formula is C14H20N4O4. The maximum absolute atomic E-state index is 12.4. The number of nitrogens with zero attached hydrogens (tertiary/aromatic N) is 3. The third-order valence-electron chi connectivity index (χ3n) is 4.09. The number of piperazine rings is 1. The van der Waals surface area contributed by atoms with Crippen molar-refractivity contribution in [2.24, 2.45) is 0 Å². The monoisotopic (exact) mass is 308 g/mol. The first kappa shape index (κ1) is 16.2. The molecule has 22 heavy (non-hydrogen) atoms. The molecule has 2 aliphatic rings. The number of imide groups is 2. The lowest BCUT2D eigenvalue weighted by molar-refractivity contribution is -0.145. The maximum atomic E-state index is 12.4. The van der Waals surface area contributed by atoms with Crippen LogP contribution in [0.3, 0.4) is 0 Å². The normalized spacial score (nSPS) is 25.9. The van der Waals surface area contributed by atoms with Crippen molar-refractivity contribution in [3.63, 3.8) is 0 Å². The minimum Gasteiger partial charge on any atom is -0.336 e. The van der Waals surface area contributed by atoms with Crippen LogP contribution in [-0.4, -0.2) is 76.7 Å². The van der Waals surface area contributed by atoms with Gasteiger partial charge in [-0.1, -0.05) is 6.08 Å². The lowest BCUT2D eigenvalue weighted by Crippen LogP contribution is -2.59. The minimum atomic E-state index is -0.962. The molecule has 0 aliphatic carbocycles. The Bertz CT molecular complexity index is 533. The number of nitrogens with one attached hydrogen (secondary N) is 1. The van der Waals surface area contributed by atoms with Crippen LogP contribution in [0.2, 0.25) is 0 Å². The summed E-state index contributed by atoms with van der Waals surface area (Å²) < 4.78 is 0. The van der Waals surface area contributed by atoms with Crippen LogP contribution in [0.5, 0.6) is 0 Å². The molecule has 0 aromatic rings. The van der Waals surface area contributed by atoms with Crippen LogP contribution < -0.4 is 5.32 Å². The highest BCUT2D eigenvalue weighted by Gasteiger charge is 2.45. The van der Waals surface area contributed by atoms with E-state index >= 15 is 0 Å². The van der Waals surface area contributed by atoms with Gasteiger partial charge < -0.3 is 10.2 Å². The van der Waals surface area contributed by atoms with Gasteiger partial charge in [0.05, 0.1) is 0 Å². The number of rotatable bonds is 4. The first-order valence-corrected chi connectivity index (χ1v) is 7.19. The molecule has 0 bridgehead atoms. The lowest BCUT2D eigenvalue weighted by Gasteiger charge is -2.39. The largest absolute Gasteiger partial charge is 0.336 e. The highest BCUT2D eigenvalue weighted by Crippen LogP contribution is 2.14. The summed E-state index contributed by atoms with van der Waals surface area (Å²) in [6.45, 7) is 8.01. The molecule has 2 heterocycles. The van der Waals surface area contributed by atoms with E-state index in [0.717, 1.165) is 4.90 Å². The van der Waals surface area contributed by atoms with Crippen molar-refractivity contribution in [1.29, 1.82) is 0 Å². The highest BCUT2D eigenvalue weighted by atomic mass is 16.2. The molecule has 1 N–H and O–H groups in total. The molecule has 2 atom stereocenters. The predicted molar refractivity (Wildman–Crippen MR) is 77.7 cm³/mol. The van der Waals surface area contributed by atoms with E-state index in [1.54, 1.807) is 4.90 Å². The molecule has 0 spiro atoms. The van der Waals surface area contributed by atoms with Crippen LogP contribution in [0.1, 0.15) is 13.8 Å². The van der Waals surface area contributed by atoms with Crippen LogP contribution >= 0.6 is 0 Å². The SMILES string of the molecule is C=CCN1C(=O)C(=O)N(CC(=O)N2CCNC(C)C2C)C1=O. The number of carbonyl (C=O) groups excluding carboxylic acids is 4. The Kier molecular flexibility index (Phi) is 4.60. The molecular weight excluding hydrogens is 288 g/mol. The van der Waals surface area contributed by atoms with E-state index in [2.05, 4.69) is 11.9 Å². The van der Waals surface area contributed by atoms with Crippen molar-refractivity contribution in [1.82, 2.24) is 20.0 Å². The summed E-state index contributed by atoms with van der Waals surface area (Å²) in [7, 11) is 0. The third-order valence-corrected chi connectivity index (χ3v) is 4.09. The molecule has 2 unspecified atom stereocenters. The molecule has 8 nitrogen and oxygen atoms in total. The van der Waals surface area contributed by atoms with Crippen LogP contribution in [0.25, 0.3) is 0 Å². The summed E-state index contributed by atoms with van der Waals surface area (Å²) in [6.07, 6.45) is 1.36. The number of amides is 5. The van der Waals surface area contributed by atoms with E-state index in [1.807, 2.05) is 13.8 Å². The summed E-state index contributed by atoms with van der Waals surface area (Å²) in [4.78, 5) is 51.1. The Morgan fingerprint density at radius 3 is 2.55 bits per heavy atom. The van der Waals surface area contributed by atoms with Crippen molar-refractivity contribution in [3.8, 4) is 0 Å². The molecule has 0 aromatic carbocycles. The second-order valence-electron chi connectivity index (χ2n) is 5.45. The number of hydrogen-bond acceptors (Lipinski definition) is 5. The third kappa shape index (κ3) is 2.74. The highest BCUT2D eigenvalue weighted by molar-refractivity contribution is 6.45. The van der Waals surface area contributed by atoms with E-state index in [1.165, 1.54) is 6.08 Å². The van der Waals surface area contributed by atoms with Gasteiger partial charge in [-0.3, -0.25) is 19.3 Å².